The molecule has 1 unspecified atom stereocenters. The van der Waals surface area contributed by atoms with Gasteiger partial charge < -0.3 is 15.0 Å². The van der Waals surface area contributed by atoms with Crippen LogP contribution in [0.5, 0.6) is 0 Å². The molecule has 0 aliphatic carbocycles. The highest BCUT2D eigenvalue weighted by molar-refractivity contribution is 5.55. The third kappa shape index (κ3) is 3.45. The molecule has 4 heteroatoms. The highest BCUT2D eigenvalue weighted by Crippen LogP contribution is 2.28. The van der Waals surface area contributed by atoms with Crippen LogP contribution in [0.3, 0.4) is 0 Å². The summed E-state index contributed by atoms with van der Waals surface area (Å²) in [6, 6.07) is 5.70. The summed E-state index contributed by atoms with van der Waals surface area (Å²) in [4.78, 5) is 2.10. The number of para-hydroxylation sites is 1. The molecule has 0 amide bonds. The van der Waals surface area contributed by atoms with Crippen molar-refractivity contribution in [1.29, 1.82) is 0 Å². The lowest BCUT2D eigenvalue weighted by atomic mass is 10.1. The van der Waals surface area contributed by atoms with Gasteiger partial charge in [-0.3, -0.25) is 0 Å². The molecule has 0 radical (unpaired) electrons. The minimum atomic E-state index is -0.139. The first kappa shape index (κ1) is 14.3. The molecule has 1 N–H and O–H groups in total. The Kier molecular flexibility index (Phi) is 4.77. The van der Waals surface area contributed by atoms with Crippen LogP contribution in [-0.2, 0) is 11.3 Å². The number of ether oxygens (including phenoxy) is 1. The van der Waals surface area contributed by atoms with Crippen molar-refractivity contribution in [2.24, 2.45) is 0 Å². The van der Waals surface area contributed by atoms with Crippen LogP contribution in [-0.4, -0.2) is 32.3 Å². The van der Waals surface area contributed by atoms with Crippen molar-refractivity contribution in [1.82, 2.24) is 5.32 Å². The SMILES string of the molecule is COC1CCN(c2c(F)cccc2CNC(C)C)C1. The highest BCUT2D eigenvalue weighted by Gasteiger charge is 2.25. The monoisotopic (exact) mass is 266 g/mol. The average molecular weight is 266 g/mol. The van der Waals surface area contributed by atoms with E-state index in [1.807, 2.05) is 6.07 Å². The number of rotatable bonds is 5. The molecular weight excluding hydrogens is 243 g/mol. The van der Waals surface area contributed by atoms with E-state index < -0.39 is 0 Å². The van der Waals surface area contributed by atoms with E-state index in [2.05, 4.69) is 24.1 Å². The van der Waals surface area contributed by atoms with Gasteiger partial charge in [-0.25, -0.2) is 4.39 Å². The Morgan fingerprint density at radius 3 is 2.89 bits per heavy atom. The van der Waals surface area contributed by atoms with Crippen molar-refractivity contribution in [2.75, 3.05) is 25.1 Å². The molecule has 0 bridgehead atoms. The summed E-state index contributed by atoms with van der Waals surface area (Å²) in [5.41, 5.74) is 1.75. The van der Waals surface area contributed by atoms with Gasteiger partial charge in [0.2, 0.25) is 0 Å². The van der Waals surface area contributed by atoms with E-state index in [0.29, 0.717) is 12.6 Å². The van der Waals surface area contributed by atoms with Gasteiger partial charge in [-0.15, -0.1) is 0 Å². The molecule has 0 saturated carbocycles. The molecule has 0 spiro atoms. The molecule has 0 aromatic heterocycles. The van der Waals surface area contributed by atoms with Gasteiger partial charge in [0.1, 0.15) is 5.82 Å². The summed E-state index contributed by atoms with van der Waals surface area (Å²) >= 11 is 0. The number of anilines is 1. The van der Waals surface area contributed by atoms with Gasteiger partial charge in [-0.05, 0) is 18.1 Å². The summed E-state index contributed by atoms with van der Waals surface area (Å²) in [7, 11) is 1.72. The number of nitrogens with one attached hydrogen (secondary N) is 1. The Hall–Kier alpha value is -1.13. The second-order valence-electron chi connectivity index (χ2n) is 5.38. The minimum Gasteiger partial charge on any atom is -0.380 e. The summed E-state index contributed by atoms with van der Waals surface area (Å²) in [5, 5.41) is 3.35. The van der Waals surface area contributed by atoms with Crippen LogP contribution in [0.1, 0.15) is 25.8 Å². The molecule has 1 heterocycles. The molecule has 19 heavy (non-hydrogen) atoms. The maximum Gasteiger partial charge on any atom is 0.146 e. The van der Waals surface area contributed by atoms with E-state index in [1.165, 1.54) is 6.07 Å². The number of hydrogen-bond acceptors (Lipinski definition) is 3. The second-order valence-corrected chi connectivity index (χ2v) is 5.38. The van der Waals surface area contributed by atoms with E-state index in [9.17, 15) is 4.39 Å². The Morgan fingerprint density at radius 2 is 2.26 bits per heavy atom. The van der Waals surface area contributed by atoms with Crippen LogP contribution in [0.15, 0.2) is 18.2 Å². The van der Waals surface area contributed by atoms with Crippen LogP contribution in [0.2, 0.25) is 0 Å². The fraction of sp³-hybridized carbons (Fsp3) is 0.600. The van der Waals surface area contributed by atoms with Crippen LogP contribution >= 0.6 is 0 Å². The Labute approximate surface area is 114 Å². The van der Waals surface area contributed by atoms with E-state index >= 15 is 0 Å². The van der Waals surface area contributed by atoms with Crippen LogP contribution in [0.25, 0.3) is 0 Å². The van der Waals surface area contributed by atoms with Crippen LogP contribution in [0, 0.1) is 5.82 Å². The van der Waals surface area contributed by atoms with Crippen molar-refractivity contribution in [2.45, 2.75) is 39.0 Å². The molecule has 1 saturated heterocycles. The summed E-state index contributed by atoms with van der Waals surface area (Å²) < 4.78 is 19.5. The second kappa shape index (κ2) is 6.35. The normalized spacial score (nSPS) is 19.4. The van der Waals surface area contributed by atoms with Gasteiger partial charge in [0.05, 0.1) is 11.8 Å². The molecular formula is C15H23FN2O. The standard InChI is InChI=1S/C15H23FN2O/c1-11(2)17-9-12-5-4-6-14(16)15(12)18-8-7-13(10-18)19-3/h4-6,11,13,17H,7-10H2,1-3H3. The predicted octanol–water partition coefficient (Wildman–Crippen LogP) is 2.55. The zero-order valence-corrected chi connectivity index (χ0v) is 11.9. The van der Waals surface area contributed by atoms with Crippen molar-refractivity contribution in [3.63, 3.8) is 0 Å². The van der Waals surface area contributed by atoms with Crippen molar-refractivity contribution in [3.05, 3.63) is 29.6 Å². The van der Waals surface area contributed by atoms with Crippen molar-refractivity contribution in [3.8, 4) is 0 Å². The summed E-state index contributed by atoms with van der Waals surface area (Å²) in [5.74, 6) is -0.139. The largest absolute Gasteiger partial charge is 0.380 e. The van der Waals surface area contributed by atoms with Gasteiger partial charge >= 0.3 is 0 Å². The lowest BCUT2D eigenvalue weighted by molar-refractivity contribution is 0.121. The number of methoxy groups -OCH3 is 1. The van der Waals surface area contributed by atoms with E-state index in [-0.39, 0.29) is 11.9 Å². The molecule has 1 fully saturated rings. The number of halogens is 1. The topological polar surface area (TPSA) is 24.5 Å². The highest BCUT2D eigenvalue weighted by atomic mass is 19.1. The fourth-order valence-electron chi connectivity index (χ4n) is 2.49. The average Bonchev–Trinajstić information content (AvgIpc) is 2.84. The van der Waals surface area contributed by atoms with Crippen LogP contribution in [0.4, 0.5) is 10.1 Å². The first-order chi connectivity index (χ1) is 9.11. The van der Waals surface area contributed by atoms with Gasteiger partial charge in [-0.2, -0.15) is 0 Å². The Balaban J connectivity index is 2.18. The molecule has 1 atom stereocenters. The van der Waals surface area contributed by atoms with Crippen molar-refractivity contribution >= 4 is 5.69 Å². The van der Waals surface area contributed by atoms with E-state index in [0.717, 1.165) is 30.8 Å². The number of nitrogens with zero attached hydrogens (tertiary/aromatic N) is 1. The smallest absolute Gasteiger partial charge is 0.146 e. The zero-order chi connectivity index (χ0) is 13.8. The summed E-state index contributed by atoms with van der Waals surface area (Å²) in [6.07, 6.45) is 1.17. The molecule has 1 aromatic carbocycles. The molecule has 2 rings (SSSR count). The fourth-order valence-corrected chi connectivity index (χ4v) is 2.49. The molecule has 1 aliphatic rings. The van der Waals surface area contributed by atoms with E-state index in [1.54, 1.807) is 13.2 Å². The minimum absolute atomic E-state index is 0.139. The van der Waals surface area contributed by atoms with Gasteiger partial charge in [-0.1, -0.05) is 26.0 Å². The zero-order valence-electron chi connectivity index (χ0n) is 11.9. The van der Waals surface area contributed by atoms with Gasteiger partial charge in [0, 0.05) is 32.8 Å². The number of benzene rings is 1. The lowest BCUT2D eigenvalue weighted by Gasteiger charge is -2.23. The molecule has 106 valence electrons. The predicted molar refractivity (Wildman–Crippen MR) is 76.0 cm³/mol. The van der Waals surface area contributed by atoms with Crippen LogP contribution < -0.4 is 10.2 Å². The lowest BCUT2D eigenvalue weighted by Crippen LogP contribution is -2.27. The first-order valence-corrected chi connectivity index (χ1v) is 6.90. The van der Waals surface area contributed by atoms with Gasteiger partial charge in [0.15, 0.2) is 0 Å². The van der Waals surface area contributed by atoms with Gasteiger partial charge in [0.25, 0.3) is 0 Å². The molecule has 1 aromatic rings. The number of hydrogen-bond donors (Lipinski definition) is 1. The third-order valence-electron chi connectivity index (χ3n) is 3.57. The Morgan fingerprint density at radius 1 is 1.47 bits per heavy atom. The maximum atomic E-state index is 14.1. The Bertz CT molecular complexity index is 423. The third-order valence-corrected chi connectivity index (χ3v) is 3.57. The maximum absolute atomic E-state index is 14.1. The van der Waals surface area contributed by atoms with E-state index in [4.69, 9.17) is 4.74 Å². The summed E-state index contributed by atoms with van der Waals surface area (Å²) in [6.45, 7) is 6.50. The quantitative estimate of drug-likeness (QED) is 0.886. The van der Waals surface area contributed by atoms with Crippen molar-refractivity contribution < 1.29 is 9.13 Å². The first-order valence-electron chi connectivity index (χ1n) is 6.90. The molecule has 1 aliphatic heterocycles. The molecule has 3 nitrogen and oxygen atoms in total.